The van der Waals surface area contributed by atoms with Gasteiger partial charge in [0.1, 0.15) is 0 Å². The first kappa shape index (κ1) is 14.6. The summed E-state index contributed by atoms with van der Waals surface area (Å²) in [6, 6.07) is 0. The van der Waals surface area contributed by atoms with E-state index in [0.29, 0.717) is 24.7 Å². The summed E-state index contributed by atoms with van der Waals surface area (Å²) in [7, 11) is 0. The highest BCUT2D eigenvalue weighted by atomic mass is 16.4. The fourth-order valence-corrected chi connectivity index (χ4v) is 1.29. The highest BCUT2D eigenvalue weighted by Crippen LogP contribution is 2.30. The second-order valence-electron chi connectivity index (χ2n) is 5.35. The predicted molar refractivity (Wildman–Crippen MR) is 66.0 cm³/mol. The molecule has 0 saturated heterocycles. The van der Waals surface area contributed by atoms with Crippen LogP contribution in [0.3, 0.4) is 0 Å². The molecule has 1 aromatic heterocycles. The molecule has 0 radical (unpaired) electrons. The fraction of sp³-hybridized carbons (Fsp3) is 0.750. The van der Waals surface area contributed by atoms with Crippen LogP contribution in [-0.4, -0.2) is 26.8 Å². The van der Waals surface area contributed by atoms with Crippen molar-refractivity contribution in [2.24, 2.45) is 5.41 Å². The lowest BCUT2D eigenvalue weighted by molar-refractivity contribution is -0.151. The third kappa shape index (κ3) is 2.87. The van der Waals surface area contributed by atoms with Crippen LogP contribution in [0.15, 0.2) is 4.42 Å². The molecule has 0 aliphatic carbocycles. The molecule has 6 heteroatoms. The Bertz CT molecular complexity index is 424. The number of hydrogen-bond donors (Lipinski definition) is 2. The topological polar surface area (TPSA) is 88.2 Å². The smallest absolute Gasteiger partial charge is 0.310 e. The van der Waals surface area contributed by atoms with Crippen molar-refractivity contribution in [1.82, 2.24) is 15.5 Å². The lowest BCUT2D eigenvalue weighted by atomic mass is 9.74. The van der Waals surface area contributed by atoms with E-state index in [1.807, 2.05) is 20.8 Å². The van der Waals surface area contributed by atoms with Crippen LogP contribution in [0.2, 0.25) is 0 Å². The largest absolute Gasteiger partial charge is 0.481 e. The molecular weight excluding hydrogens is 234 g/mol. The number of aryl methyl sites for hydroxylation is 1. The Morgan fingerprint density at radius 1 is 1.28 bits per heavy atom. The summed E-state index contributed by atoms with van der Waals surface area (Å²) < 4.78 is 5.37. The lowest BCUT2D eigenvalue weighted by Crippen LogP contribution is -2.54. The van der Waals surface area contributed by atoms with Gasteiger partial charge in [-0.2, -0.15) is 0 Å². The zero-order valence-electron chi connectivity index (χ0n) is 11.6. The monoisotopic (exact) mass is 255 g/mol. The standard InChI is InChI=1S/C12H21N3O3/c1-6-8-14-15-9(18-8)7-13-12(4,5)11(2,3)10(16)17/h13H,6-7H2,1-5H3,(H,16,17). The van der Waals surface area contributed by atoms with E-state index in [0.717, 1.165) is 0 Å². The van der Waals surface area contributed by atoms with Gasteiger partial charge in [-0.05, 0) is 27.7 Å². The number of carbonyl (C=O) groups is 1. The molecule has 0 atom stereocenters. The van der Waals surface area contributed by atoms with Gasteiger partial charge in [-0.1, -0.05) is 6.92 Å². The first-order valence-electron chi connectivity index (χ1n) is 6.00. The van der Waals surface area contributed by atoms with Gasteiger partial charge in [0.2, 0.25) is 11.8 Å². The van der Waals surface area contributed by atoms with Crippen molar-refractivity contribution in [3.63, 3.8) is 0 Å². The minimum atomic E-state index is -0.902. The Kier molecular flexibility index (Phi) is 4.11. The molecule has 18 heavy (non-hydrogen) atoms. The van der Waals surface area contributed by atoms with Gasteiger partial charge < -0.3 is 14.8 Å². The molecule has 1 rings (SSSR count). The van der Waals surface area contributed by atoms with E-state index in [2.05, 4.69) is 15.5 Å². The van der Waals surface area contributed by atoms with Gasteiger partial charge in [0, 0.05) is 12.0 Å². The summed E-state index contributed by atoms with van der Waals surface area (Å²) in [5.74, 6) is 0.211. The van der Waals surface area contributed by atoms with Crippen molar-refractivity contribution in [3.8, 4) is 0 Å². The minimum absolute atomic E-state index is 0.358. The maximum absolute atomic E-state index is 11.2. The van der Waals surface area contributed by atoms with Gasteiger partial charge in [-0.3, -0.25) is 4.79 Å². The number of carboxylic acid groups (broad SMARTS) is 1. The lowest BCUT2D eigenvalue weighted by Gasteiger charge is -2.38. The second-order valence-corrected chi connectivity index (χ2v) is 5.35. The Balaban J connectivity index is 2.69. The van der Waals surface area contributed by atoms with Crippen molar-refractivity contribution < 1.29 is 14.3 Å². The summed E-state index contributed by atoms with van der Waals surface area (Å²) in [6.45, 7) is 9.36. The molecule has 0 aliphatic rings. The molecule has 2 N–H and O–H groups in total. The molecule has 1 heterocycles. The summed E-state index contributed by atoms with van der Waals surface area (Å²) in [5.41, 5.74) is -1.50. The number of nitrogens with zero attached hydrogens (tertiary/aromatic N) is 2. The normalized spacial score (nSPS) is 12.7. The number of aliphatic carboxylic acids is 1. The van der Waals surface area contributed by atoms with E-state index < -0.39 is 16.9 Å². The first-order chi connectivity index (χ1) is 8.20. The van der Waals surface area contributed by atoms with Crippen LogP contribution in [-0.2, 0) is 17.8 Å². The van der Waals surface area contributed by atoms with E-state index in [4.69, 9.17) is 4.42 Å². The molecule has 0 amide bonds. The maximum atomic E-state index is 11.2. The Morgan fingerprint density at radius 2 is 1.83 bits per heavy atom. The van der Waals surface area contributed by atoms with Crippen molar-refractivity contribution in [2.75, 3.05) is 0 Å². The Hall–Kier alpha value is -1.43. The van der Waals surface area contributed by atoms with Crippen LogP contribution in [0.1, 0.15) is 46.4 Å². The molecule has 0 fully saturated rings. The summed E-state index contributed by atoms with van der Waals surface area (Å²) in [4.78, 5) is 11.2. The second kappa shape index (κ2) is 5.06. The zero-order chi connectivity index (χ0) is 14.0. The quantitative estimate of drug-likeness (QED) is 0.803. The van der Waals surface area contributed by atoms with Crippen LogP contribution in [0.4, 0.5) is 0 Å². The van der Waals surface area contributed by atoms with Gasteiger partial charge in [0.15, 0.2) is 0 Å². The van der Waals surface area contributed by atoms with Crippen molar-refractivity contribution in [3.05, 3.63) is 11.8 Å². The predicted octanol–water partition coefficient (Wildman–Crippen LogP) is 1.61. The molecule has 6 nitrogen and oxygen atoms in total. The summed E-state index contributed by atoms with van der Waals surface area (Å²) in [6.07, 6.45) is 0.691. The zero-order valence-corrected chi connectivity index (χ0v) is 11.6. The minimum Gasteiger partial charge on any atom is -0.481 e. The number of aromatic nitrogens is 2. The molecule has 0 aromatic carbocycles. The SMILES string of the molecule is CCc1nnc(CNC(C)(C)C(C)(C)C(=O)O)o1. The van der Waals surface area contributed by atoms with Crippen molar-refractivity contribution >= 4 is 5.97 Å². The highest BCUT2D eigenvalue weighted by Gasteiger charge is 2.43. The molecule has 0 bridgehead atoms. The molecular formula is C12H21N3O3. The van der Waals surface area contributed by atoms with Gasteiger partial charge in [-0.25, -0.2) is 0 Å². The van der Waals surface area contributed by atoms with Crippen molar-refractivity contribution in [2.45, 2.75) is 53.1 Å². The van der Waals surface area contributed by atoms with E-state index >= 15 is 0 Å². The van der Waals surface area contributed by atoms with Gasteiger partial charge in [-0.15, -0.1) is 10.2 Å². The average Bonchev–Trinajstić information content (AvgIpc) is 2.74. The van der Waals surface area contributed by atoms with Crippen molar-refractivity contribution in [1.29, 1.82) is 0 Å². The molecule has 0 aliphatic heterocycles. The average molecular weight is 255 g/mol. The molecule has 1 aromatic rings. The van der Waals surface area contributed by atoms with Gasteiger partial charge in [0.25, 0.3) is 0 Å². The van der Waals surface area contributed by atoms with Gasteiger partial charge in [0.05, 0.1) is 12.0 Å². The summed E-state index contributed by atoms with van der Waals surface area (Å²) >= 11 is 0. The summed E-state index contributed by atoms with van der Waals surface area (Å²) in [5, 5.41) is 20.1. The van der Waals surface area contributed by atoms with E-state index in [-0.39, 0.29) is 0 Å². The van der Waals surface area contributed by atoms with E-state index in [9.17, 15) is 9.90 Å². The molecule has 0 spiro atoms. The number of rotatable bonds is 6. The van der Waals surface area contributed by atoms with Crippen LogP contribution < -0.4 is 5.32 Å². The third-order valence-electron chi connectivity index (χ3n) is 3.59. The molecule has 0 saturated carbocycles. The highest BCUT2D eigenvalue weighted by molar-refractivity contribution is 5.75. The number of hydrogen-bond acceptors (Lipinski definition) is 5. The Morgan fingerprint density at radius 3 is 2.28 bits per heavy atom. The number of nitrogens with one attached hydrogen (secondary N) is 1. The molecule has 102 valence electrons. The van der Waals surface area contributed by atoms with Crippen LogP contribution in [0.5, 0.6) is 0 Å². The fourth-order valence-electron chi connectivity index (χ4n) is 1.29. The maximum Gasteiger partial charge on any atom is 0.310 e. The van der Waals surface area contributed by atoms with Crippen LogP contribution in [0.25, 0.3) is 0 Å². The first-order valence-corrected chi connectivity index (χ1v) is 6.00. The van der Waals surface area contributed by atoms with E-state index in [1.165, 1.54) is 0 Å². The third-order valence-corrected chi connectivity index (χ3v) is 3.59. The molecule has 0 unspecified atom stereocenters. The van der Waals surface area contributed by atoms with Gasteiger partial charge >= 0.3 is 5.97 Å². The Labute approximate surface area is 107 Å². The van der Waals surface area contributed by atoms with Crippen LogP contribution in [0, 0.1) is 5.41 Å². The van der Waals surface area contributed by atoms with E-state index in [1.54, 1.807) is 13.8 Å². The van der Waals surface area contributed by atoms with Crippen LogP contribution >= 0.6 is 0 Å². The number of carboxylic acids is 1.